The first-order valence-corrected chi connectivity index (χ1v) is 11.5. The number of hydrogen-bond acceptors (Lipinski definition) is 3. The second-order valence-corrected chi connectivity index (χ2v) is 8.97. The summed E-state index contributed by atoms with van der Waals surface area (Å²) in [6, 6.07) is 0.167. The molecule has 0 aromatic heterocycles. The molecular weight excluding hydrogens is 395 g/mol. The lowest BCUT2D eigenvalue weighted by Crippen LogP contribution is -2.45. The quantitative estimate of drug-likeness (QED) is 0.501. The minimum atomic E-state index is -4.14. The van der Waals surface area contributed by atoms with Crippen LogP contribution in [0.1, 0.15) is 51.9 Å². The van der Waals surface area contributed by atoms with Crippen molar-refractivity contribution in [3.05, 3.63) is 0 Å². The maximum atomic E-state index is 12.8. The molecule has 0 aromatic rings. The van der Waals surface area contributed by atoms with Crippen LogP contribution in [0.2, 0.25) is 0 Å². The summed E-state index contributed by atoms with van der Waals surface area (Å²) in [5, 5.41) is 6.66. The molecule has 2 heterocycles. The number of aliphatic imine (C=N–C) groups is 1. The van der Waals surface area contributed by atoms with E-state index in [9.17, 15) is 18.0 Å². The van der Waals surface area contributed by atoms with Crippen LogP contribution in [-0.2, 0) is 4.79 Å². The highest BCUT2D eigenvalue weighted by Crippen LogP contribution is 2.27. The fourth-order valence-corrected chi connectivity index (χ4v) is 4.88. The van der Waals surface area contributed by atoms with Crippen molar-refractivity contribution in [3.8, 4) is 0 Å². The standard InChI is InChI=1S/C21H36F3N5O/c1-2-25-20(26-12-16-8-10-28(13-16)15-21(22,23)24)27-18-9-11-29(14-18)19(30)17-6-4-3-5-7-17/h16-18H,2-15H2,1H3,(H2,25,26,27). The van der Waals surface area contributed by atoms with Crippen molar-refractivity contribution in [3.63, 3.8) is 0 Å². The van der Waals surface area contributed by atoms with Gasteiger partial charge in [0, 0.05) is 44.7 Å². The highest BCUT2D eigenvalue weighted by Gasteiger charge is 2.34. The highest BCUT2D eigenvalue weighted by atomic mass is 19.4. The topological polar surface area (TPSA) is 60.0 Å². The summed E-state index contributed by atoms with van der Waals surface area (Å²) in [7, 11) is 0. The van der Waals surface area contributed by atoms with Crippen LogP contribution in [0.3, 0.4) is 0 Å². The predicted molar refractivity (Wildman–Crippen MR) is 111 cm³/mol. The molecule has 172 valence electrons. The first-order chi connectivity index (χ1) is 14.3. The summed E-state index contributed by atoms with van der Waals surface area (Å²) in [6.07, 6.45) is 3.09. The van der Waals surface area contributed by atoms with Gasteiger partial charge >= 0.3 is 6.18 Å². The lowest BCUT2D eigenvalue weighted by Gasteiger charge is -2.26. The largest absolute Gasteiger partial charge is 0.401 e. The monoisotopic (exact) mass is 431 g/mol. The number of amides is 1. The van der Waals surface area contributed by atoms with Gasteiger partial charge in [-0.1, -0.05) is 19.3 Å². The third-order valence-electron chi connectivity index (χ3n) is 6.42. The Morgan fingerprint density at radius 1 is 1.07 bits per heavy atom. The molecule has 1 saturated carbocycles. The SMILES string of the molecule is CCNC(=NCC1CCN(CC(F)(F)F)C1)NC1CCN(C(=O)C2CCCCC2)C1. The molecule has 2 atom stereocenters. The third kappa shape index (κ3) is 7.03. The smallest absolute Gasteiger partial charge is 0.357 e. The summed E-state index contributed by atoms with van der Waals surface area (Å²) in [4.78, 5) is 20.8. The molecule has 0 spiro atoms. The van der Waals surface area contributed by atoms with Gasteiger partial charge in [-0.2, -0.15) is 13.2 Å². The molecule has 1 amide bonds. The summed E-state index contributed by atoms with van der Waals surface area (Å²) >= 11 is 0. The molecule has 6 nitrogen and oxygen atoms in total. The van der Waals surface area contributed by atoms with E-state index >= 15 is 0 Å². The van der Waals surface area contributed by atoms with Gasteiger partial charge in [0.1, 0.15) is 0 Å². The zero-order valence-corrected chi connectivity index (χ0v) is 18.0. The molecule has 9 heteroatoms. The Morgan fingerprint density at radius 2 is 1.83 bits per heavy atom. The van der Waals surface area contributed by atoms with Crippen LogP contribution in [-0.4, -0.2) is 79.7 Å². The van der Waals surface area contributed by atoms with Crippen molar-refractivity contribution in [2.24, 2.45) is 16.8 Å². The van der Waals surface area contributed by atoms with E-state index in [2.05, 4.69) is 15.6 Å². The van der Waals surface area contributed by atoms with Crippen molar-refractivity contribution < 1.29 is 18.0 Å². The molecular formula is C21H36F3N5O. The Labute approximate surface area is 177 Å². The van der Waals surface area contributed by atoms with Crippen LogP contribution in [0.5, 0.6) is 0 Å². The van der Waals surface area contributed by atoms with Crippen LogP contribution in [0.4, 0.5) is 13.2 Å². The number of hydrogen-bond donors (Lipinski definition) is 2. The minimum absolute atomic E-state index is 0.149. The lowest BCUT2D eigenvalue weighted by molar-refractivity contribution is -0.143. The van der Waals surface area contributed by atoms with Crippen LogP contribution in [0, 0.1) is 11.8 Å². The number of likely N-dealkylation sites (tertiary alicyclic amines) is 2. The van der Waals surface area contributed by atoms with E-state index in [4.69, 9.17) is 0 Å². The van der Waals surface area contributed by atoms with E-state index in [1.807, 2.05) is 11.8 Å². The van der Waals surface area contributed by atoms with Crippen LogP contribution >= 0.6 is 0 Å². The molecule has 0 bridgehead atoms. The van der Waals surface area contributed by atoms with Crippen LogP contribution in [0.25, 0.3) is 0 Å². The minimum Gasteiger partial charge on any atom is -0.357 e. The second-order valence-electron chi connectivity index (χ2n) is 8.97. The van der Waals surface area contributed by atoms with Gasteiger partial charge in [0.15, 0.2) is 5.96 Å². The number of nitrogens with zero attached hydrogens (tertiary/aromatic N) is 3. The molecule has 3 aliphatic rings. The molecule has 1 aliphatic carbocycles. The molecule has 3 fully saturated rings. The van der Waals surface area contributed by atoms with E-state index < -0.39 is 12.7 Å². The van der Waals surface area contributed by atoms with E-state index in [0.29, 0.717) is 44.6 Å². The predicted octanol–water partition coefficient (Wildman–Crippen LogP) is 2.61. The van der Waals surface area contributed by atoms with Gasteiger partial charge in [0.2, 0.25) is 5.91 Å². The number of rotatable bonds is 6. The molecule has 30 heavy (non-hydrogen) atoms. The Hall–Kier alpha value is -1.51. The molecule has 3 rings (SSSR count). The van der Waals surface area contributed by atoms with E-state index in [1.54, 1.807) is 0 Å². The number of halogens is 3. The molecule has 0 radical (unpaired) electrons. The zero-order chi connectivity index (χ0) is 21.6. The second kappa shape index (κ2) is 10.7. The van der Waals surface area contributed by atoms with Gasteiger partial charge in [0.05, 0.1) is 6.54 Å². The highest BCUT2D eigenvalue weighted by molar-refractivity contribution is 5.81. The van der Waals surface area contributed by atoms with Gasteiger partial charge in [-0.25, -0.2) is 0 Å². The third-order valence-corrected chi connectivity index (χ3v) is 6.42. The number of nitrogens with one attached hydrogen (secondary N) is 2. The number of carbonyl (C=O) groups is 1. The van der Waals surface area contributed by atoms with Crippen LogP contribution in [0.15, 0.2) is 4.99 Å². The van der Waals surface area contributed by atoms with E-state index in [0.717, 1.165) is 45.1 Å². The molecule has 2 saturated heterocycles. The lowest BCUT2D eigenvalue weighted by atomic mass is 9.88. The Kier molecular flexibility index (Phi) is 8.25. The van der Waals surface area contributed by atoms with Crippen molar-refractivity contribution in [2.45, 2.75) is 64.1 Å². The van der Waals surface area contributed by atoms with E-state index in [1.165, 1.54) is 11.3 Å². The summed E-state index contributed by atoms with van der Waals surface area (Å²) in [6.45, 7) is 4.78. The fourth-order valence-electron chi connectivity index (χ4n) is 4.88. The molecule has 2 aliphatic heterocycles. The van der Waals surface area contributed by atoms with Crippen molar-refractivity contribution in [1.29, 1.82) is 0 Å². The van der Waals surface area contributed by atoms with Gasteiger partial charge in [0.25, 0.3) is 0 Å². The average molecular weight is 432 g/mol. The first-order valence-electron chi connectivity index (χ1n) is 11.5. The number of alkyl halides is 3. The van der Waals surface area contributed by atoms with Gasteiger partial charge < -0.3 is 15.5 Å². The van der Waals surface area contributed by atoms with Gasteiger partial charge in [-0.15, -0.1) is 0 Å². The van der Waals surface area contributed by atoms with Crippen molar-refractivity contribution in [2.75, 3.05) is 45.8 Å². The fraction of sp³-hybridized carbons (Fsp3) is 0.905. The molecule has 2 N–H and O–H groups in total. The average Bonchev–Trinajstić information content (AvgIpc) is 3.34. The normalized spacial score (nSPS) is 26.9. The summed E-state index contributed by atoms with van der Waals surface area (Å²) in [5.41, 5.74) is 0. The summed E-state index contributed by atoms with van der Waals surface area (Å²) < 4.78 is 37.7. The van der Waals surface area contributed by atoms with Crippen molar-refractivity contribution >= 4 is 11.9 Å². The van der Waals surface area contributed by atoms with Crippen LogP contribution < -0.4 is 10.6 Å². The zero-order valence-electron chi connectivity index (χ0n) is 18.0. The number of carbonyl (C=O) groups excluding carboxylic acids is 1. The summed E-state index contributed by atoms with van der Waals surface area (Å²) in [5.74, 6) is 1.34. The number of guanidine groups is 1. The molecule has 2 unspecified atom stereocenters. The van der Waals surface area contributed by atoms with Gasteiger partial charge in [-0.3, -0.25) is 14.7 Å². The maximum absolute atomic E-state index is 12.8. The molecule has 0 aromatic carbocycles. The maximum Gasteiger partial charge on any atom is 0.401 e. The first kappa shape index (κ1) is 23.2. The Balaban J connectivity index is 1.45. The Morgan fingerprint density at radius 3 is 2.53 bits per heavy atom. The van der Waals surface area contributed by atoms with Gasteiger partial charge in [-0.05, 0) is 45.1 Å². The van der Waals surface area contributed by atoms with Crippen molar-refractivity contribution in [1.82, 2.24) is 20.4 Å². The Bertz CT molecular complexity index is 592. The van der Waals surface area contributed by atoms with E-state index in [-0.39, 0.29) is 17.9 Å².